The Balaban J connectivity index is 1.71. The summed E-state index contributed by atoms with van der Waals surface area (Å²) in [5, 5.41) is 13.2. The molecule has 1 saturated carbocycles. The lowest BCUT2D eigenvalue weighted by Crippen LogP contribution is -2.01. The zero-order valence-corrected chi connectivity index (χ0v) is 10.8. The molecule has 3 rings (SSSR count). The molecule has 0 atom stereocenters. The summed E-state index contributed by atoms with van der Waals surface area (Å²) in [6.07, 6.45) is 2.29. The van der Waals surface area contributed by atoms with Gasteiger partial charge in [-0.1, -0.05) is 23.4 Å². The summed E-state index contributed by atoms with van der Waals surface area (Å²) in [7, 11) is 0. The molecule has 19 heavy (non-hydrogen) atoms. The van der Waals surface area contributed by atoms with Crippen LogP contribution >= 0.6 is 0 Å². The van der Waals surface area contributed by atoms with Crippen LogP contribution in [0.25, 0.3) is 0 Å². The zero-order valence-electron chi connectivity index (χ0n) is 10.8. The molecule has 5 heteroatoms. The number of rotatable bonds is 5. The number of para-hydroxylation sites is 1. The van der Waals surface area contributed by atoms with Crippen LogP contribution < -0.4 is 4.74 Å². The van der Waals surface area contributed by atoms with E-state index >= 15 is 0 Å². The minimum absolute atomic E-state index is 0.0474. The molecule has 1 fully saturated rings. The van der Waals surface area contributed by atoms with Gasteiger partial charge < -0.3 is 14.4 Å². The summed E-state index contributed by atoms with van der Waals surface area (Å²) in [6, 6.07) is 5.68. The molecule has 1 N–H and O–H groups in total. The van der Waals surface area contributed by atoms with Crippen LogP contribution in [0.2, 0.25) is 0 Å². The Labute approximate surface area is 111 Å². The third kappa shape index (κ3) is 2.61. The summed E-state index contributed by atoms with van der Waals surface area (Å²) in [6.45, 7) is 2.13. The molecule has 1 aromatic heterocycles. The van der Waals surface area contributed by atoms with Crippen molar-refractivity contribution >= 4 is 0 Å². The lowest BCUT2D eigenvalue weighted by Gasteiger charge is -2.10. The first-order valence-corrected chi connectivity index (χ1v) is 6.42. The molecule has 100 valence electrons. The van der Waals surface area contributed by atoms with E-state index in [1.165, 1.54) is 0 Å². The number of ether oxygens (including phenoxy) is 1. The molecule has 5 nitrogen and oxygen atoms in total. The summed E-state index contributed by atoms with van der Waals surface area (Å²) in [5.41, 5.74) is 1.75. The van der Waals surface area contributed by atoms with Crippen molar-refractivity contribution < 1.29 is 14.4 Å². The quantitative estimate of drug-likeness (QED) is 0.893. The first-order chi connectivity index (χ1) is 9.28. The molecule has 0 aliphatic heterocycles. The summed E-state index contributed by atoms with van der Waals surface area (Å²) in [5.74, 6) is 2.43. The van der Waals surface area contributed by atoms with Crippen LogP contribution in [-0.4, -0.2) is 15.2 Å². The monoisotopic (exact) mass is 260 g/mol. The molecular formula is C14H16N2O3. The average molecular weight is 260 g/mol. The third-order valence-electron chi connectivity index (χ3n) is 3.23. The van der Waals surface area contributed by atoms with Gasteiger partial charge in [-0.25, -0.2) is 0 Å². The second-order valence-electron chi connectivity index (χ2n) is 4.83. The van der Waals surface area contributed by atoms with E-state index in [0.29, 0.717) is 17.6 Å². The van der Waals surface area contributed by atoms with Crippen LogP contribution in [0.15, 0.2) is 22.7 Å². The van der Waals surface area contributed by atoms with Crippen LogP contribution in [0.4, 0.5) is 0 Å². The van der Waals surface area contributed by atoms with Crippen LogP contribution in [-0.2, 0) is 13.2 Å². The highest BCUT2D eigenvalue weighted by molar-refractivity contribution is 5.40. The Bertz CT molecular complexity index is 576. The van der Waals surface area contributed by atoms with Crippen molar-refractivity contribution in [1.82, 2.24) is 10.1 Å². The number of nitrogens with zero attached hydrogens (tertiary/aromatic N) is 2. The second-order valence-corrected chi connectivity index (χ2v) is 4.83. The minimum atomic E-state index is -0.0474. The van der Waals surface area contributed by atoms with Gasteiger partial charge in [0.2, 0.25) is 0 Å². The number of aryl methyl sites for hydroxylation is 1. The molecule has 0 bridgehead atoms. The van der Waals surface area contributed by atoms with E-state index in [1.807, 2.05) is 25.1 Å². The maximum atomic E-state index is 9.29. The Kier molecular flexibility index (Phi) is 3.21. The first kappa shape index (κ1) is 12.2. The number of aliphatic hydroxyl groups is 1. The lowest BCUT2D eigenvalue weighted by molar-refractivity contribution is 0.227. The summed E-state index contributed by atoms with van der Waals surface area (Å²) >= 11 is 0. The fraction of sp³-hybridized carbons (Fsp3) is 0.429. The molecule has 0 spiro atoms. The van der Waals surface area contributed by atoms with Gasteiger partial charge in [-0.15, -0.1) is 0 Å². The van der Waals surface area contributed by atoms with E-state index in [1.54, 1.807) is 0 Å². The molecule has 1 heterocycles. The predicted molar refractivity (Wildman–Crippen MR) is 67.7 cm³/mol. The molecule has 2 aromatic rings. The smallest absolute Gasteiger partial charge is 0.264 e. The van der Waals surface area contributed by atoms with Gasteiger partial charge in [0, 0.05) is 11.5 Å². The van der Waals surface area contributed by atoms with E-state index in [4.69, 9.17) is 9.26 Å². The van der Waals surface area contributed by atoms with Crippen molar-refractivity contribution in [3.63, 3.8) is 0 Å². The van der Waals surface area contributed by atoms with Crippen molar-refractivity contribution in [3.8, 4) is 5.75 Å². The summed E-state index contributed by atoms with van der Waals surface area (Å²) in [4.78, 5) is 4.31. The Morgan fingerprint density at radius 2 is 2.26 bits per heavy atom. The number of hydrogen-bond donors (Lipinski definition) is 1. The number of aromatic nitrogens is 2. The Hall–Kier alpha value is -1.88. The highest BCUT2D eigenvalue weighted by Crippen LogP contribution is 2.38. The van der Waals surface area contributed by atoms with E-state index in [0.717, 1.165) is 29.8 Å². The topological polar surface area (TPSA) is 68.4 Å². The zero-order chi connectivity index (χ0) is 13.2. The molecule has 0 unspecified atom stereocenters. The van der Waals surface area contributed by atoms with Crippen molar-refractivity contribution in [1.29, 1.82) is 0 Å². The highest BCUT2D eigenvalue weighted by atomic mass is 16.5. The first-order valence-electron chi connectivity index (χ1n) is 6.42. The van der Waals surface area contributed by atoms with Crippen molar-refractivity contribution in [2.45, 2.75) is 38.9 Å². The van der Waals surface area contributed by atoms with Crippen LogP contribution in [0.1, 0.15) is 41.6 Å². The van der Waals surface area contributed by atoms with Gasteiger partial charge in [0.25, 0.3) is 5.89 Å². The maximum absolute atomic E-state index is 9.29. The molecule has 0 amide bonds. The lowest BCUT2D eigenvalue weighted by atomic mass is 10.1. The van der Waals surface area contributed by atoms with Crippen molar-refractivity contribution in [3.05, 3.63) is 41.0 Å². The van der Waals surface area contributed by atoms with Crippen molar-refractivity contribution in [2.24, 2.45) is 0 Å². The largest absolute Gasteiger partial charge is 0.483 e. The van der Waals surface area contributed by atoms with Gasteiger partial charge >= 0.3 is 0 Å². The van der Waals surface area contributed by atoms with E-state index in [-0.39, 0.29) is 13.2 Å². The maximum Gasteiger partial charge on any atom is 0.264 e. The fourth-order valence-corrected chi connectivity index (χ4v) is 2.01. The second kappa shape index (κ2) is 5.01. The van der Waals surface area contributed by atoms with Gasteiger partial charge in [0.1, 0.15) is 5.75 Å². The van der Waals surface area contributed by atoms with Crippen LogP contribution in [0, 0.1) is 6.92 Å². The Morgan fingerprint density at radius 1 is 1.42 bits per heavy atom. The van der Waals surface area contributed by atoms with Gasteiger partial charge in [-0.2, -0.15) is 4.98 Å². The molecule has 1 aliphatic rings. The molecule has 0 radical (unpaired) electrons. The van der Waals surface area contributed by atoms with E-state index < -0.39 is 0 Å². The van der Waals surface area contributed by atoms with E-state index in [2.05, 4.69) is 10.1 Å². The van der Waals surface area contributed by atoms with Gasteiger partial charge in [-0.3, -0.25) is 0 Å². The standard InChI is InChI=1S/C14H16N2O3/c1-9-3-2-4-11(7-17)13(9)18-8-12-15-14(16-19-12)10-5-6-10/h2-4,10,17H,5-8H2,1H3. The number of aliphatic hydroxyl groups excluding tert-OH is 1. The number of benzene rings is 1. The summed E-state index contributed by atoms with van der Waals surface area (Å²) < 4.78 is 10.9. The van der Waals surface area contributed by atoms with E-state index in [9.17, 15) is 5.11 Å². The van der Waals surface area contributed by atoms with Gasteiger partial charge in [-0.05, 0) is 25.3 Å². The molecular weight excluding hydrogens is 244 g/mol. The minimum Gasteiger partial charge on any atom is -0.483 e. The average Bonchev–Trinajstić information content (AvgIpc) is 3.17. The third-order valence-corrected chi connectivity index (χ3v) is 3.23. The fourth-order valence-electron chi connectivity index (χ4n) is 2.01. The Morgan fingerprint density at radius 3 is 3.00 bits per heavy atom. The van der Waals surface area contributed by atoms with Gasteiger partial charge in [0.15, 0.2) is 12.4 Å². The van der Waals surface area contributed by atoms with Gasteiger partial charge in [0.05, 0.1) is 6.61 Å². The van der Waals surface area contributed by atoms with Crippen LogP contribution in [0.3, 0.4) is 0 Å². The van der Waals surface area contributed by atoms with Crippen molar-refractivity contribution in [2.75, 3.05) is 0 Å². The normalized spacial score (nSPS) is 14.6. The highest BCUT2D eigenvalue weighted by Gasteiger charge is 2.28. The number of hydrogen-bond acceptors (Lipinski definition) is 5. The van der Waals surface area contributed by atoms with Crippen LogP contribution in [0.5, 0.6) is 5.75 Å². The SMILES string of the molecule is Cc1cccc(CO)c1OCc1nc(C2CC2)no1. The molecule has 1 aromatic carbocycles. The molecule has 0 saturated heterocycles. The predicted octanol–water partition coefficient (Wildman–Crippen LogP) is 2.33. The molecule has 1 aliphatic carbocycles.